The van der Waals surface area contributed by atoms with Crippen molar-refractivity contribution < 1.29 is 71.2 Å². The molecule has 49 heavy (non-hydrogen) atoms. The van der Waals surface area contributed by atoms with Crippen LogP contribution in [0, 0.1) is 45.8 Å². The fraction of sp³-hybridized carbons (Fsp3) is 0.833. The predicted molar refractivity (Wildman–Crippen MR) is 169 cm³/mol. The maximum Gasteiger partial charge on any atom is 0.397 e. The molecule has 16 nitrogen and oxygen atoms in total. The average Bonchev–Trinajstić information content (AvgIpc) is 3.41. The highest BCUT2D eigenvalue weighted by Gasteiger charge is 2.68. The van der Waals surface area contributed by atoms with Gasteiger partial charge in [-0.2, -0.15) is 25.3 Å². The van der Waals surface area contributed by atoms with Gasteiger partial charge in [0.25, 0.3) is 0 Å². The van der Waals surface area contributed by atoms with E-state index in [1.165, 1.54) is 6.08 Å². The number of aliphatic hydroxyl groups excluding tert-OH is 2. The Hall–Kier alpha value is -1.52. The minimum Gasteiger partial charge on any atom is -0.429 e. The van der Waals surface area contributed by atoms with Gasteiger partial charge in [0.1, 0.15) is 12.2 Å². The first-order valence-corrected chi connectivity index (χ1v) is 20.3. The van der Waals surface area contributed by atoms with Gasteiger partial charge in [-0.15, -0.1) is 0 Å². The lowest BCUT2D eigenvalue weighted by Gasteiger charge is -2.63. The second-order valence-electron chi connectivity index (χ2n) is 15.3. The number of aliphatic hydroxyl groups is 2. The molecule has 5 rings (SSSR count). The summed E-state index contributed by atoms with van der Waals surface area (Å²) in [5.41, 5.74) is -0.878. The second kappa shape index (κ2) is 12.9. The lowest BCUT2D eigenvalue weighted by atomic mass is 9.43. The molecule has 1 heterocycles. The maximum absolute atomic E-state index is 12.2. The first-order chi connectivity index (χ1) is 22.3. The Balaban J connectivity index is 1.50. The van der Waals surface area contributed by atoms with Crippen LogP contribution in [0.15, 0.2) is 23.3 Å². The molecule has 4 aliphatic carbocycles. The van der Waals surface area contributed by atoms with Crippen LogP contribution >= 0.6 is 0 Å². The highest BCUT2D eigenvalue weighted by molar-refractivity contribution is 7.81. The number of allylic oxidation sites excluding steroid dienone is 2. The highest BCUT2D eigenvalue weighted by Crippen LogP contribution is 2.72. The summed E-state index contributed by atoms with van der Waals surface area (Å²) in [6.07, 6.45) is -2.19. The smallest absolute Gasteiger partial charge is 0.397 e. The van der Waals surface area contributed by atoms with E-state index in [1.54, 1.807) is 6.92 Å². The zero-order valence-electron chi connectivity index (χ0n) is 27.8. The normalized spacial score (nSPS) is 42.3. The van der Waals surface area contributed by atoms with Gasteiger partial charge in [-0.1, -0.05) is 46.3 Å². The molecule has 0 aromatic rings. The molecule has 0 aromatic carbocycles. The summed E-state index contributed by atoms with van der Waals surface area (Å²) in [5.74, 6) is -2.00. The summed E-state index contributed by atoms with van der Waals surface area (Å²) in [5, 5.41) is 21.7. The van der Waals surface area contributed by atoms with Crippen molar-refractivity contribution in [2.24, 2.45) is 45.8 Å². The minimum absolute atomic E-state index is 0.0182. The standard InChI is InChI=1S/C30H46O16S3/c1-15(17-12-23(31)43-27(17)33)6-7-16(2)18-8-10-30(5)20-13-21(44-47(34,35)36)24-25(32)26(46-49(40,41)42)22(45-48(37,38)39)14-28(24,3)19(20)9-11-29(18,30)4/h9,12,15-16,18,20-22,24-27,32-33H,6-8,10-11,13-14H2,1-5H3,(H,34,35,36)(H,37,38,39)(H,40,41,42). The second-order valence-corrected chi connectivity index (χ2v) is 18.4. The van der Waals surface area contributed by atoms with Crippen molar-refractivity contribution in [2.75, 3.05) is 0 Å². The van der Waals surface area contributed by atoms with Crippen LogP contribution in [0.25, 0.3) is 0 Å². The van der Waals surface area contributed by atoms with Gasteiger partial charge >= 0.3 is 37.2 Å². The van der Waals surface area contributed by atoms with Gasteiger partial charge in [0.05, 0.1) is 12.2 Å². The molecule has 1 aliphatic heterocycles. The Morgan fingerprint density at radius 1 is 0.898 bits per heavy atom. The van der Waals surface area contributed by atoms with E-state index in [9.17, 15) is 53.9 Å². The molecule has 5 N–H and O–H groups in total. The number of hydrogen-bond donors (Lipinski definition) is 5. The third kappa shape index (κ3) is 7.27. The summed E-state index contributed by atoms with van der Waals surface area (Å²) in [6.45, 7) is 9.99. The first-order valence-electron chi connectivity index (χ1n) is 16.3. The monoisotopic (exact) mass is 758 g/mol. The Labute approximate surface area is 287 Å². The average molecular weight is 759 g/mol. The van der Waals surface area contributed by atoms with Crippen LogP contribution < -0.4 is 0 Å². The fourth-order valence-corrected chi connectivity index (χ4v) is 11.9. The van der Waals surface area contributed by atoms with E-state index in [0.717, 1.165) is 18.4 Å². The lowest BCUT2D eigenvalue weighted by Crippen LogP contribution is -2.65. The van der Waals surface area contributed by atoms with Crippen molar-refractivity contribution in [3.63, 3.8) is 0 Å². The van der Waals surface area contributed by atoms with Crippen molar-refractivity contribution >= 4 is 37.2 Å². The van der Waals surface area contributed by atoms with Crippen LogP contribution in [0.4, 0.5) is 0 Å². The SMILES string of the molecule is CC(CCC(C)C1CCC2(C)C3CC(OS(=O)(=O)O)C4C(O)C(OS(=O)(=O)O)C(OS(=O)(=O)O)CC4(C)C3=CCC12C)C1=CC(=O)OC1O. The number of hydrogen-bond acceptors (Lipinski definition) is 13. The van der Waals surface area contributed by atoms with Gasteiger partial charge in [-0.3, -0.25) is 13.7 Å². The molecule has 0 spiro atoms. The predicted octanol–water partition coefficient (Wildman–Crippen LogP) is 2.56. The maximum atomic E-state index is 12.2. The first kappa shape index (κ1) is 38.7. The zero-order chi connectivity index (χ0) is 36.7. The number of ether oxygens (including phenoxy) is 1. The Bertz CT molecular complexity index is 1720. The van der Waals surface area contributed by atoms with E-state index in [2.05, 4.69) is 25.0 Å². The van der Waals surface area contributed by atoms with E-state index in [4.69, 9.17) is 13.1 Å². The van der Waals surface area contributed by atoms with Crippen molar-refractivity contribution in [1.82, 2.24) is 0 Å². The minimum atomic E-state index is -5.32. The van der Waals surface area contributed by atoms with Crippen molar-refractivity contribution in [3.8, 4) is 0 Å². The van der Waals surface area contributed by atoms with Crippen molar-refractivity contribution in [2.45, 2.75) is 110 Å². The number of carbonyl (C=O) groups excluding carboxylic acids is 1. The molecule has 3 saturated carbocycles. The Morgan fingerprint density at radius 2 is 1.49 bits per heavy atom. The number of cyclic esters (lactones) is 1. The third-order valence-electron chi connectivity index (χ3n) is 12.8. The van der Waals surface area contributed by atoms with Gasteiger partial charge in [0.2, 0.25) is 6.29 Å². The topological polar surface area (TPSA) is 258 Å². The zero-order valence-corrected chi connectivity index (χ0v) is 30.3. The van der Waals surface area contributed by atoms with E-state index in [1.807, 2.05) is 13.0 Å². The van der Waals surface area contributed by atoms with Crippen LogP contribution in [-0.2, 0) is 53.3 Å². The molecule has 13 unspecified atom stereocenters. The third-order valence-corrected chi connectivity index (χ3v) is 14.2. The summed E-state index contributed by atoms with van der Waals surface area (Å²) in [7, 11) is -15.7. The molecule has 0 bridgehead atoms. The van der Waals surface area contributed by atoms with Gasteiger partial charge in [-0.25, -0.2) is 17.3 Å². The summed E-state index contributed by atoms with van der Waals surface area (Å²) >= 11 is 0. The highest BCUT2D eigenvalue weighted by atomic mass is 32.3. The van der Waals surface area contributed by atoms with Crippen LogP contribution in [0.2, 0.25) is 0 Å². The summed E-state index contributed by atoms with van der Waals surface area (Å²) in [6, 6.07) is 0. The molecule has 13 atom stereocenters. The van der Waals surface area contributed by atoms with Crippen LogP contribution in [0.3, 0.4) is 0 Å². The van der Waals surface area contributed by atoms with Gasteiger partial charge in [0.15, 0.2) is 0 Å². The molecule has 0 radical (unpaired) electrons. The number of carbonyl (C=O) groups is 1. The van der Waals surface area contributed by atoms with Crippen molar-refractivity contribution in [1.29, 1.82) is 0 Å². The lowest BCUT2D eigenvalue weighted by molar-refractivity contribution is -0.179. The molecule has 0 saturated heterocycles. The van der Waals surface area contributed by atoms with E-state index < -0.39 is 97.0 Å². The van der Waals surface area contributed by atoms with Crippen LogP contribution in [-0.4, -0.2) is 85.8 Å². The quantitative estimate of drug-likeness (QED) is 0.115. The van der Waals surface area contributed by atoms with Crippen LogP contribution in [0.5, 0.6) is 0 Å². The Morgan fingerprint density at radius 3 is 2.04 bits per heavy atom. The molecule has 3 fully saturated rings. The molecular weight excluding hydrogens is 713 g/mol. The van der Waals surface area contributed by atoms with Gasteiger partial charge < -0.3 is 14.9 Å². The van der Waals surface area contributed by atoms with E-state index in [-0.39, 0.29) is 29.6 Å². The van der Waals surface area contributed by atoms with E-state index >= 15 is 0 Å². The molecule has 0 amide bonds. The summed E-state index contributed by atoms with van der Waals surface area (Å²) in [4.78, 5) is 11.6. The number of rotatable bonds is 11. The largest absolute Gasteiger partial charge is 0.429 e. The van der Waals surface area contributed by atoms with Gasteiger partial charge in [-0.05, 0) is 84.9 Å². The molecule has 280 valence electrons. The van der Waals surface area contributed by atoms with Crippen molar-refractivity contribution in [3.05, 3.63) is 23.3 Å². The molecule has 19 heteroatoms. The fourth-order valence-electron chi connectivity index (χ4n) is 10.4. The van der Waals surface area contributed by atoms with E-state index in [0.29, 0.717) is 24.8 Å². The number of esters is 1. The summed E-state index contributed by atoms with van der Waals surface area (Å²) < 4.78 is 120. The van der Waals surface area contributed by atoms with Gasteiger partial charge in [0, 0.05) is 17.6 Å². The molecule has 5 aliphatic rings. The molecular formula is C30H46O16S3. The molecule has 0 aromatic heterocycles. The number of fused-ring (bicyclic) bond motifs is 5. The van der Waals surface area contributed by atoms with Crippen LogP contribution in [0.1, 0.15) is 79.6 Å². The Kier molecular flexibility index (Phi) is 10.2.